The van der Waals surface area contributed by atoms with Crippen molar-refractivity contribution in [1.82, 2.24) is 5.32 Å². The second-order valence-electron chi connectivity index (χ2n) is 3.67. The molecule has 0 rings (SSSR count). The highest BCUT2D eigenvalue weighted by Crippen LogP contribution is 2.11. The topological polar surface area (TPSA) is 46.2 Å². The third-order valence-corrected chi connectivity index (χ3v) is 4.47. The summed E-state index contributed by atoms with van der Waals surface area (Å²) < 4.78 is 23.4. The van der Waals surface area contributed by atoms with E-state index < -0.39 is 9.84 Å². The van der Waals surface area contributed by atoms with Gasteiger partial charge in [-0.3, -0.25) is 0 Å². The molecular formula is C9H21NO2S. The first-order chi connectivity index (χ1) is 5.95. The monoisotopic (exact) mass is 207 g/mol. The molecule has 1 atom stereocenters. The molecule has 4 heteroatoms. The summed E-state index contributed by atoms with van der Waals surface area (Å²) in [4.78, 5) is 0. The molecule has 1 unspecified atom stereocenters. The van der Waals surface area contributed by atoms with Crippen LogP contribution < -0.4 is 5.32 Å². The summed E-state index contributed by atoms with van der Waals surface area (Å²) in [5.41, 5.74) is 0. The van der Waals surface area contributed by atoms with E-state index in [1.54, 1.807) is 7.05 Å². The first kappa shape index (κ1) is 12.9. The van der Waals surface area contributed by atoms with Crippen LogP contribution in [-0.4, -0.2) is 26.6 Å². The lowest BCUT2D eigenvalue weighted by Crippen LogP contribution is -2.39. The Hall–Kier alpha value is -0.0900. The minimum Gasteiger partial charge on any atom is -0.304 e. The van der Waals surface area contributed by atoms with E-state index in [4.69, 9.17) is 0 Å². The van der Waals surface area contributed by atoms with Crippen molar-refractivity contribution in [1.29, 1.82) is 0 Å². The minimum absolute atomic E-state index is 0.131. The van der Waals surface area contributed by atoms with Crippen LogP contribution in [0.5, 0.6) is 0 Å². The molecular weight excluding hydrogens is 186 g/mol. The predicted octanol–water partition coefficient (Wildman–Crippen LogP) is 1.40. The van der Waals surface area contributed by atoms with Gasteiger partial charge in [0.05, 0.1) is 5.75 Å². The summed E-state index contributed by atoms with van der Waals surface area (Å²) in [6.07, 6.45) is 1.68. The largest absolute Gasteiger partial charge is 0.304 e. The van der Waals surface area contributed by atoms with E-state index >= 15 is 0 Å². The molecule has 80 valence electrons. The Balaban J connectivity index is 4.40. The Morgan fingerprint density at radius 1 is 1.31 bits per heavy atom. The van der Waals surface area contributed by atoms with E-state index in [2.05, 4.69) is 5.32 Å². The van der Waals surface area contributed by atoms with Gasteiger partial charge in [0.2, 0.25) is 0 Å². The molecule has 0 aliphatic heterocycles. The lowest BCUT2D eigenvalue weighted by atomic mass is 10.2. The van der Waals surface area contributed by atoms with Gasteiger partial charge in [0, 0.05) is 0 Å². The molecule has 0 aromatic rings. The molecule has 0 aromatic carbocycles. The fourth-order valence-corrected chi connectivity index (χ4v) is 3.53. The predicted molar refractivity (Wildman–Crippen MR) is 56.4 cm³/mol. The van der Waals surface area contributed by atoms with Gasteiger partial charge in [-0.15, -0.1) is 0 Å². The van der Waals surface area contributed by atoms with Crippen molar-refractivity contribution in [2.75, 3.05) is 12.8 Å². The molecule has 0 heterocycles. The van der Waals surface area contributed by atoms with E-state index in [1.807, 2.05) is 20.8 Å². The van der Waals surface area contributed by atoms with E-state index in [-0.39, 0.29) is 11.3 Å². The Bertz CT molecular complexity index is 222. The van der Waals surface area contributed by atoms with Crippen LogP contribution in [0.3, 0.4) is 0 Å². The van der Waals surface area contributed by atoms with Gasteiger partial charge in [-0.05, 0) is 19.4 Å². The standard InChI is InChI=1S/C9H21NO2S/c1-5-6-7-13(11,12)9(10-4)8(2)3/h8-10H,5-7H2,1-4H3. The van der Waals surface area contributed by atoms with Crippen molar-refractivity contribution in [2.45, 2.75) is 39.0 Å². The van der Waals surface area contributed by atoms with E-state index in [0.29, 0.717) is 5.75 Å². The van der Waals surface area contributed by atoms with Crippen LogP contribution in [0.2, 0.25) is 0 Å². The molecule has 3 nitrogen and oxygen atoms in total. The Morgan fingerprint density at radius 3 is 2.15 bits per heavy atom. The fourth-order valence-electron chi connectivity index (χ4n) is 1.40. The molecule has 1 N–H and O–H groups in total. The van der Waals surface area contributed by atoms with Crippen molar-refractivity contribution >= 4 is 9.84 Å². The third kappa shape index (κ3) is 4.09. The molecule has 0 aliphatic carbocycles. The van der Waals surface area contributed by atoms with Crippen molar-refractivity contribution in [2.24, 2.45) is 5.92 Å². The number of nitrogens with one attached hydrogen (secondary N) is 1. The van der Waals surface area contributed by atoms with Crippen LogP contribution in [0.25, 0.3) is 0 Å². The minimum atomic E-state index is -2.94. The zero-order valence-corrected chi connectivity index (χ0v) is 9.82. The van der Waals surface area contributed by atoms with Gasteiger partial charge in [-0.25, -0.2) is 8.42 Å². The first-order valence-electron chi connectivity index (χ1n) is 4.84. The maximum absolute atomic E-state index is 11.7. The molecule has 0 amide bonds. The van der Waals surface area contributed by atoms with Gasteiger partial charge < -0.3 is 5.32 Å². The van der Waals surface area contributed by atoms with Gasteiger partial charge in [0.25, 0.3) is 0 Å². The molecule has 0 aromatic heterocycles. The van der Waals surface area contributed by atoms with E-state index in [1.165, 1.54) is 0 Å². The molecule has 0 aliphatic rings. The van der Waals surface area contributed by atoms with Gasteiger partial charge in [0.1, 0.15) is 5.37 Å². The molecule has 13 heavy (non-hydrogen) atoms. The van der Waals surface area contributed by atoms with Crippen LogP contribution in [0.15, 0.2) is 0 Å². The van der Waals surface area contributed by atoms with Crippen molar-refractivity contribution in [3.05, 3.63) is 0 Å². The fraction of sp³-hybridized carbons (Fsp3) is 1.00. The summed E-state index contributed by atoms with van der Waals surface area (Å²) in [6, 6.07) is 0. The SMILES string of the molecule is CCCCS(=O)(=O)C(NC)C(C)C. The van der Waals surface area contributed by atoms with Crippen molar-refractivity contribution in [3.8, 4) is 0 Å². The molecule has 0 radical (unpaired) electrons. The van der Waals surface area contributed by atoms with Gasteiger partial charge in [0.15, 0.2) is 9.84 Å². The van der Waals surface area contributed by atoms with Crippen LogP contribution in [0, 0.1) is 5.92 Å². The van der Waals surface area contributed by atoms with Crippen molar-refractivity contribution < 1.29 is 8.42 Å². The Kier molecular flexibility index (Phi) is 5.56. The van der Waals surface area contributed by atoms with Gasteiger partial charge in [-0.2, -0.15) is 0 Å². The summed E-state index contributed by atoms with van der Waals surface area (Å²) >= 11 is 0. The number of hydrogen-bond acceptors (Lipinski definition) is 3. The lowest BCUT2D eigenvalue weighted by Gasteiger charge is -2.20. The van der Waals surface area contributed by atoms with Crippen molar-refractivity contribution in [3.63, 3.8) is 0 Å². The maximum atomic E-state index is 11.7. The molecule has 0 saturated heterocycles. The van der Waals surface area contributed by atoms with Crippen LogP contribution in [0.1, 0.15) is 33.6 Å². The van der Waals surface area contributed by atoms with Crippen LogP contribution >= 0.6 is 0 Å². The second-order valence-corrected chi connectivity index (χ2v) is 5.92. The normalized spacial score (nSPS) is 14.8. The average Bonchev–Trinajstić information content (AvgIpc) is 2.01. The number of unbranched alkanes of at least 4 members (excludes halogenated alkanes) is 1. The maximum Gasteiger partial charge on any atom is 0.166 e. The van der Waals surface area contributed by atoms with Gasteiger partial charge in [-0.1, -0.05) is 27.2 Å². The van der Waals surface area contributed by atoms with Crippen LogP contribution in [-0.2, 0) is 9.84 Å². The highest BCUT2D eigenvalue weighted by atomic mass is 32.2. The molecule has 0 fully saturated rings. The summed E-state index contributed by atoms with van der Waals surface area (Å²) in [5, 5.41) is 2.47. The summed E-state index contributed by atoms with van der Waals surface area (Å²) in [6.45, 7) is 5.84. The Morgan fingerprint density at radius 2 is 1.85 bits per heavy atom. The average molecular weight is 207 g/mol. The lowest BCUT2D eigenvalue weighted by molar-refractivity contribution is 0.495. The number of hydrogen-bond donors (Lipinski definition) is 1. The summed E-state index contributed by atoms with van der Waals surface area (Å²) in [5.74, 6) is 0.430. The number of rotatable bonds is 6. The smallest absolute Gasteiger partial charge is 0.166 e. The van der Waals surface area contributed by atoms with E-state index in [0.717, 1.165) is 12.8 Å². The Labute approximate surface area is 81.8 Å². The zero-order valence-electron chi connectivity index (χ0n) is 9.00. The summed E-state index contributed by atoms with van der Waals surface area (Å²) in [7, 11) is -1.24. The van der Waals surface area contributed by atoms with Crippen LogP contribution in [0.4, 0.5) is 0 Å². The molecule has 0 bridgehead atoms. The van der Waals surface area contributed by atoms with Gasteiger partial charge >= 0.3 is 0 Å². The highest BCUT2D eigenvalue weighted by Gasteiger charge is 2.25. The molecule has 0 spiro atoms. The first-order valence-corrected chi connectivity index (χ1v) is 6.56. The highest BCUT2D eigenvalue weighted by molar-refractivity contribution is 7.91. The quantitative estimate of drug-likeness (QED) is 0.716. The zero-order chi connectivity index (χ0) is 10.5. The van der Waals surface area contributed by atoms with E-state index in [9.17, 15) is 8.42 Å². The third-order valence-electron chi connectivity index (χ3n) is 2.06. The molecule has 0 saturated carbocycles. The number of sulfone groups is 1. The second kappa shape index (κ2) is 5.60.